The van der Waals surface area contributed by atoms with Gasteiger partial charge in [0.2, 0.25) is 0 Å². The van der Waals surface area contributed by atoms with E-state index in [0.717, 1.165) is 33.4 Å². The van der Waals surface area contributed by atoms with Crippen LogP contribution in [0.3, 0.4) is 0 Å². The molecule has 8 heteroatoms. The van der Waals surface area contributed by atoms with Gasteiger partial charge in [-0.25, -0.2) is 4.57 Å². The highest BCUT2D eigenvalue weighted by Gasteiger charge is 2.21. The monoisotopic (exact) mass is 632 g/mol. The zero-order valence-corrected chi connectivity index (χ0v) is 30.4. The summed E-state index contributed by atoms with van der Waals surface area (Å²) in [6, 6.07) is 12.2. The van der Waals surface area contributed by atoms with Crippen molar-refractivity contribution in [3.63, 3.8) is 0 Å². The van der Waals surface area contributed by atoms with E-state index in [1.54, 1.807) is 0 Å². The van der Waals surface area contributed by atoms with Gasteiger partial charge in [0.1, 0.15) is 17.2 Å². The number of aromatic hydroxyl groups is 3. The first kappa shape index (κ1) is 41.2. The van der Waals surface area contributed by atoms with E-state index >= 15 is 0 Å². The highest BCUT2D eigenvalue weighted by molar-refractivity contribution is 7.45. The summed E-state index contributed by atoms with van der Waals surface area (Å²) in [5.41, 5.74) is 9.66. The van der Waals surface area contributed by atoms with Crippen LogP contribution >= 0.6 is 7.82 Å². The molecule has 3 aromatic rings. The maximum atomic E-state index is 9.86. The van der Waals surface area contributed by atoms with Gasteiger partial charge in [-0.2, -0.15) is 0 Å². The molecule has 248 valence electrons. The van der Waals surface area contributed by atoms with Crippen LogP contribution in [-0.2, 0) is 20.8 Å². The van der Waals surface area contributed by atoms with Crippen molar-refractivity contribution in [3.8, 4) is 17.2 Å². The topological polar surface area (TPSA) is 138 Å². The van der Waals surface area contributed by atoms with Gasteiger partial charge in [-0.05, 0) is 91.2 Å². The summed E-state index contributed by atoms with van der Waals surface area (Å²) in [6.07, 6.45) is 0. The fraction of sp³-hybridized carbons (Fsp3) is 0.500. The maximum absolute atomic E-state index is 9.86. The van der Waals surface area contributed by atoms with E-state index in [9.17, 15) is 15.3 Å². The summed E-state index contributed by atoms with van der Waals surface area (Å²) in [7, 11) is -4.64. The molecular formula is C36H57O7P. The van der Waals surface area contributed by atoms with Gasteiger partial charge >= 0.3 is 7.82 Å². The first-order valence-electron chi connectivity index (χ1n) is 14.7. The molecule has 0 fully saturated rings. The standard InChI is InChI=1S/3C12H18O.H3O4P/c3*1-8-6-9(2)11(13)10(7-8)12(3,4)5;1-5(2,3)4/h3*6-7,13H,1-5H3;(H3,1,2,3,4). The Morgan fingerprint density at radius 2 is 0.591 bits per heavy atom. The number of hydrogen-bond donors (Lipinski definition) is 6. The minimum Gasteiger partial charge on any atom is -0.507 e. The molecule has 0 saturated heterocycles. The van der Waals surface area contributed by atoms with Gasteiger partial charge in [0.05, 0.1) is 0 Å². The van der Waals surface area contributed by atoms with Crippen LogP contribution in [0.5, 0.6) is 17.2 Å². The minimum atomic E-state index is -4.64. The number of phenols is 3. The van der Waals surface area contributed by atoms with Crippen molar-refractivity contribution in [1.29, 1.82) is 0 Å². The molecule has 0 aliphatic rings. The Bertz CT molecular complexity index is 1280. The molecule has 0 heterocycles. The molecule has 0 saturated carbocycles. The second kappa shape index (κ2) is 15.4. The fourth-order valence-corrected chi connectivity index (χ4v) is 4.60. The zero-order valence-electron chi connectivity index (χ0n) is 29.5. The van der Waals surface area contributed by atoms with Crippen molar-refractivity contribution in [1.82, 2.24) is 0 Å². The Morgan fingerprint density at radius 3 is 0.727 bits per heavy atom. The van der Waals surface area contributed by atoms with Crippen molar-refractivity contribution in [2.75, 3.05) is 0 Å². The van der Waals surface area contributed by atoms with Crippen molar-refractivity contribution in [3.05, 3.63) is 86.5 Å². The van der Waals surface area contributed by atoms with E-state index in [1.807, 2.05) is 39.0 Å². The molecule has 0 unspecified atom stereocenters. The molecule has 0 spiro atoms. The molecule has 0 aromatic heterocycles. The van der Waals surface area contributed by atoms with E-state index in [4.69, 9.17) is 19.2 Å². The summed E-state index contributed by atoms with van der Waals surface area (Å²) < 4.78 is 8.88. The van der Waals surface area contributed by atoms with E-state index in [0.29, 0.717) is 17.2 Å². The van der Waals surface area contributed by atoms with Crippen LogP contribution in [0.25, 0.3) is 0 Å². The SMILES string of the molecule is Cc1cc(C)c(O)c(C(C)(C)C)c1.Cc1cc(C)c(O)c(C(C)(C)C)c1.Cc1cc(C)c(O)c(C(C)(C)C)c1.O=P(O)(O)O. The molecule has 3 rings (SSSR count). The molecule has 0 amide bonds. The smallest absolute Gasteiger partial charge is 0.466 e. The predicted octanol–water partition coefficient (Wildman–Crippen LogP) is 8.99. The van der Waals surface area contributed by atoms with Crippen molar-refractivity contribution in [2.45, 2.75) is 120 Å². The lowest BCUT2D eigenvalue weighted by Crippen LogP contribution is -2.12. The number of hydrogen-bond acceptors (Lipinski definition) is 4. The molecule has 6 N–H and O–H groups in total. The third kappa shape index (κ3) is 14.3. The highest BCUT2D eigenvalue weighted by Crippen LogP contribution is 2.35. The maximum Gasteiger partial charge on any atom is 0.466 e. The molecule has 44 heavy (non-hydrogen) atoms. The van der Waals surface area contributed by atoms with Crippen molar-refractivity contribution >= 4 is 7.82 Å². The minimum absolute atomic E-state index is 0.0147. The van der Waals surface area contributed by atoms with Crippen molar-refractivity contribution in [2.24, 2.45) is 0 Å². The zero-order chi connectivity index (χ0) is 35.2. The average Bonchev–Trinajstić information content (AvgIpc) is 2.78. The molecule has 7 nitrogen and oxygen atoms in total. The van der Waals surface area contributed by atoms with E-state index < -0.39 is 7.82 Å². The lowest BCUT2D eigenvalue weighted by molar-refractivity contribution is 0.275. The normalized spacial score (nSPS) is 11.8. The first-order chi connectivity index (χ1) is 19.5. The molecule has 0 radical (unpaired) electrons. The second-order valence-electron chi connectivity index (χ2n) is 14.7. The first-order valence-corrected chi connectivity index (χ1v) is 16.2. The average molecular weight is 633 g/mol. The number of phosphoric acid groups is 1. The third-order valence-electron chi connectivity index (χ3n) is 6.76. The second-order valence-corrected chi connectivity index (χ2v) is 15.7. The summed E-state index contributed by atoms with van der Waals surface area (Å²) in [5.74, 6) is 1.33. The van der Waals surface area contributed by atoms with Gasteiger partial charge in [0.15, 0.2) is 0 Å². The van der Waals surface area contributed by atoms with Crippen LogP contribution in [0.15, 0.2) is 36.4 Å². The van der Waals surface area contributed by atoms with Crippen LogP contribution < -0.4 is 0 Å². The van der Waals surface area contributed by atoms with Gasteiger partial charge < -0.3 is 30.0 Å². The van der Waals surface area contributed by atoms with Crippen molar-refractivity contribution < 1.29 is 34.6 Å². The van der Waals surface area contributed by atoms with E-state index in [2.05, 4.69) is 101 Å². The van der Waals surface area contributed by atoms with Crippen LogP contribution in [0.4, 0.5) is 0 Å². The van der Waals surface area contributed by atoms with Crippen LogP contribution in [0.2, 0.25) is 0 Å². The number of benzene rings is 3. The number of aryl methyl sites for hydroxylation is 6. The Morgan fingerprint density at radius 1 is 0.432 bits per heavy atom. The quantitative estimate of drug-likeness (QED) is 0.136. The highest BCUT2D eigenvalue weighted by atomic mass is 31.2. The summed E-state index contributed by atoms with van der Waals surface area (Å²) in [6.45, 7) is 31.0. The summed E-state index contributed by atoms with van der Waals surface area (Å²) >= 11 is 0. The lowest BCUT2D eigenvalue weighted by Gasteiger charge is -2.22. The molecule has 0 aliphatic carbocycles. The summed E-state index contributed by atoms with van der Waals surface area (Å²) in [4.78, 5) is 21.6. The van der Waals surface area contributed by atoms with Gasteiger partial charge in [0.25, 0.3) is 0 Å². The number of phenolic OH excluding ortho intramolecular Hbond substituents is 3. The third-order valence-corrected chi connectivity index (χ3v) is 6.76. The predicted molar refractivity (Wildman–Crippen MR) is 183 cm³/mol. The summed E-state index contributed by atoms with van der Waals surface area (Å²) in [5, 5.41) is 29.6. The van der Waals surface area contributed by atoms with Crippen LogP contribution in [-0.4, -0.2) is 30.0 Å². The van der Waals surface area contributed by atoms with Gasteiger partial charge in [-0.3, -0.25) is 0 Å². The molecule has 3 aromatic carbocycles. The van der Waals surface area contributed by atoms with Crippen LogP contribution in [0, 0.1) is 41.5 Å². The molecule has 0 bridgehead atoms. The molecular weight excluding hydrogens is 575 g/mol. The Hall–Kier alpha value is -2.83. The molecule has 0 aliphatic heterocycles. The van der Waals surface area contributed by atoms with Gasteiger partial charge in [0, 0.05) is 0 Å². The van der Waals surface area contributed by atoms with Gasteiger partial charge in [-0.15, -0.1) is 0 Å². The Balaban J connectivity index is 0.000000585. The molecule has 0 atom stereocenters. The van der Waals surface area contributed by atoms with E-state index in [-0.39, 0.29) is 16.2 Å². The number of rotatable bonds is 0. The largest absolute Gasteiger partial charge is 0.507 e. The Labute approximate surface area is 265 Å². The van der Waals surface area contributed by atoms with E-state index in [1.165, 1.54) is 16.7 Å². The Kier molecular flexibility index (Phi) is 14.5. The van der Waals surface area contributed by atoms with Crippen LogP contribution in [0.1, 0.15) is 112 Å². The lowest BCUT2D eigenvalue weighted by atomic mass is 9.84. The van der Waals surface area contributed by atoms with Gasteiger partial charge in [-0.1, -0.05) is 115 Å². The fourth-order valence-electron chi connectivity index (χ4n) is 4.60.